The maximum atomic E-state index is 14.1. The quantitative estimate of drug-likeness (QED) is 0.546. The van der Waals surface area contributed by atoms with Crippen molar-refractivity contribution in [3.63, 3.8) is 0 Å². The van der Waals surface area contributed by atoms with Crippen molar-refractivity contribution in [1.82, 2.24) is 0 Å². The molecule has 0 radical (unpaired) electrons. The van der Waals surface area contributed by atoms with Crippen LogP contribution in [0.5, 0.6) is 0 Å². The molecular formula is C21H18F2. The summed E-state index contributed by atoms with van der Waals surface area (Å²) in [6, 6.07) is 9.71. The smallest absolute Gasteiger partial charge is 0.142 e. The molecule has 0 fully saturated rings. The standard InChI is InChI=1S/C21H18F2/c1-3-5-6-7-18-14-20(22)19(21(23)15-18)13-12-17-10-8-16(4-2)9-11-17/h2,8-11,14-15H,3,5-7H2,1H3. The average Bonchev–Trinajstić information content (AvgIpc) is 2.55. The first kappa shape index (κ1) is 16.8. The lowest BCUT2D eigenvalue weighted by molar-refractivity contribution is 0.572. The van der Waals surface area contributed by atoms with Crippen LogP contribution in [0.2, 0.25) is 0 Å². The highest BCUT2D eigenvalue weighted by molar-refractivity contribution is 5.46. The first-order valence-electron chi connectivity index (χ1n) is 7.70. The lowest BCUT2D eigenvalue weighted by atomic mass is 10.0. The van der Waals surface area contributed by atoms with Gasteiger partial charge in [0.05, 0.1) is 5.56 Å². The summed E-state index contributed by atoms with van der Waals surface area (Å²) < 4.78 is 28.1. The van der Waals surface area contributed by atoms with E-state index < -0.39 is 11.6 Å². The van der Waals surface area contributed by atoms with Gasteiger partial charge in [0, 0.05) is 11.1 Å². The molecule has 0 aliphatic heterocycles. The van der Waals surface area contributed by atoms with E-state index in [4.69, 9.17) is 6.42 Å². The normalized spacial score (nSPS) is 9.83. The second-order valence-electron chi connectivity index (χ2n) is 5.36. The fourth-order valence-corrected chi connectivity index (χ4v) is 2.25. The van der Waals surface area contributed by atoms with Gasteiger partial charge in [-0.25, -0.2) is 8.78 Å². The zero-order valence-corrected chi connectivity index (χ0v) is 13.1. The molecule has 0 atom stereocenters. The number of halogens is 2. The molecule has 23 heavy (non-hydrogen) atoms. The summed E-state index contributed by atoms with van der Waals surface area (Å²) in [5, 5.41) is 0. The van der Waals surface area contributed by atoms with Crippen LogP contribution >= 0.6 is 0 Å². The van der Waals surface area contributed by atoms with Crippen LogP contribution in [0.3, 0.4) is 0 Å². The van der Waals surface area contributed by atoms with E-state index in [-0.39, 0.29) is 5.56 Å². The van der Waals surface area contributed by atoms with E-state index in [1.165, 1.54) is 12.1 Å². The van der Waals surface area contributed by atoms with Crippen LogP contribution in [0.4, 0.5) is 8.78 Å². The number of hydrogen-bond acceptors (Lipinski definition) is 0. The third-order valence-electron chi connectivity index (χ3n) is 3.55. The Morgan fingerprint density at radius 2 is 1.52 bits per heavy atom. The lowest BCUT2D eigenvalue weighted by Crippen LogP contribution is -1.95. The Kier molecular flexibility index (Phi) is 5.95. The summed E-state index contributed by atoms with van der Waals surface area (Å²) >= 11 is 0. The van der Waals surface area contributed by atoms with Crippen LogP contribution in [0.25, 0.3) is 0 Å². The van der Waals surface area contributed by atoms with Gasteiger partial charge in [-0.2, -0.15) is 0 Å². The Morgan fingerprint density at radius 3 is 2.09 bits per heavy atom. The molecule has 0 N–H and O–H groups in total. The highest BCUT2D eigenvalue weighted by Gasteiger charge is 2.09. The molecule has 0 bridgehead atoms. The second-order valence-corrected chi connectivity index (χ2v) is 5.36. The van der Waals surface area contributed by atoms with Crippen molar-refractivity contribution >= 4 is 0 Å². The Bertz CT molecular complexity index is 745. The first-order chi connectivity index (χ1) is 11.1. The Morgan fingerprint density at radius 1 is 0.913 bits per heavy atom. The molecule has 0 aliphatic carbocycles. The van der Waals surface area contributed by atoms with Crippen molar-refractivity contribution in [3.05, 3.63) is 70.3 Å². The lowest BCUT2D eigenvalue weighted by Gasteiger charge is -2.04. The third kappa shape index (κ3) is 4.70. The summed E-state index contributed by atoms with van der Waals surface area (Å²) in [5.41, 5.74) is 1.89. The van der Waals surface area contributed by atoms with E-state index in [0.717, 1.165) is 24.8 Å². The van der Waals surface area contributed by atoms with E-state index in [2.05, 4.69) is 24.7 Å². The molecule has 0 saturated heterocycles. The number of unbranched alkanes of at least 4 members (excludes halogenated alkanes) is 2. The minimum absolute atomic E-state index is 0.190. The van der Waals surface area contributed by atoms with Gasteiger partial charge in [-0.1, -0.05) is 37.5 Å². The van der Waals surface area contributed by atoms with E-state index in [1.54, 1.807) is 24.3 Å². The summed E-state index contributed by atoms with van der Waals surface area (Å²) in [6.07, 6.45) is 9.02. The number of hydrogen-bond donors (Lipinski definition) is 0. The van der Waals surface area contributed by atoms with Crippen LogP contribution in [-0.2, 0) is 6.42 Å². The maximum Gasteiger partial charge on any atom is 0.142 e. The molecule has 116 valence electrons. The minimum Gasteiger partial charge on any atom is -0.206 e. The van der Waals surface area contributed by atoms with Crippen molar-refractivity contribution in [1.29, 1.82) is 0 Å². The van der Waals surface area contributed by atoms with Gasteiger partial charge in [-0.15, -0.1) is 6.42 Å². The van der Waals surface area contributed by atoms with Crippen LogP contribution < -0.4 is 0 Å². The summed E-state index contributed by atoms with van der Waals surface area (Å²) in [7, 11) is 0. The van der Waals surface area contributed by atoms with Crippen molar-refractivity contribution in [2.24, 2.45) is 0 Å². The van der Waals surface area contributed by atoms with Gasteiger partial charge in [0.15, 0.2) is 0 Å². The van der Waals surface area contributed by atoms with Gasteiger partial charge in [-0.05, 0) is 54.8 Å². The molecule has 0 heterocycles. The number of rotatable bonds is 4. The number of benzene rings is 2. The van der Waals surface area contributed by atoms with E-state index in [9.17, 15) is 8.78 Å². The molecule has 0 unspecified atom stereocenters. The average molecular weight is 308 g/mol. The molecule has 0 amide bonds. The summed E-state index contributed by atoms with van der Waals surface area (Å²) in [4.78, 5) is 0. The van der Waals surface area contributed by atoms with Gasteiger partial charge >= 0.3 is 0 Å². The number of terminal acetylenes is 1. The van der Waals surface area contributed by atoms with Crippen LogP contribution in [0.1, 0.15) is 48.4 Å². The molecule has 0 saturated carbocycles. The van der Waals surface area contributed by atoms with Gasteiger partial charge in [-0.3, -0.25) is 0 Å². The predicted molar refractivity (Wildman–Crippen MR) is 89.9 cm³/mol. The zero-order valence-electron chi connectivity index (χ0n) is 13.1. The fourth-order valence-electron chi connectivity index (χ4n) is 2.25. The van der Waals surface area contributed by atoms with Crippen molar-refractivity contribution < 1.29 is 8.78 Å². The maximum absolute atomic E-state index is 14.1. The Hall–Kier alpha value is -2.58. The van der Waals surface area contributed by atoms with Gasteiger partial charge in [0.25, 0.3) is 0 Å². The molecular weight excluding hydrogens is 290 g/mol. The Balaban J connectivity index is 2.20. The molecule has 2 heteroatoms. The topological polar surface area (TPSA) is 0 Å². The SMILES string of the molecule is C#Cc1ccc(C#Cc2c(F)cc(CCCCC)cc2F)cc1. The largest absolute Gasteiger partial charge is 0.206 e. The predicted octanol–water partition coefficient (Wildman–Crippen LogP) is 5.08. The van der Waals surface area contributed by atoms with Gasteiger partial charge < -0.3 is 0 Å². The van der Waals surface area contributed by atoms with Crippen LogP contribution in [-0.4, -0.2) is 0 Å². The highest BCUT2D eigenvalue weighted by Crippen LogP contribution is 2.17. The van der Waals surface area contributed by atoms with Gasteiger partial charge in [0.1, 0.15) is 11.6 Å². The van der Waals surface area contributed by atoms with Crippen molar-refractivity contribution in [2.45, 2.75) is 32.6 Å². The zero-order chi connectivity index (χ0) is 16.7. The Labute approximate surface area is 136 Å². The summed E-state index contributed by atoms with van der Waals surface area (Å²) in [5.74, 6) is 6.64. The molecule has 0 aliphatic rings. The van der Waals surface area contributed by atoms with Crippen LogP contribution in [0.15, 0.2) is 36.4 Å². The third-order valence-corrected chi connectivity index (χ3v) is 3.55. The monoisotopic (exact) mass is 308 g/mol. The van der Waals surface area contributed by atoms with Gasteiger partial charge in [0.2, 0.25) is 0 Å². The molecule has 0 aromatic heterocycles. The molecule has 0 nitrogen and oxygen atoms in total. The number of aryl methyl sites for hydroxylation is 1. The second kappa shape index (κ2) is 8.16. The summed E-state index contributed by atoms with van der Waals surface area (Å²) in [6.45, 7) is 2.09. The molecule has 2 aromatic rings. The molecule has 2 rings (SSSR count). The van der Waals surface area contributed by atoms with E-state index in [1.807, 2.05) is 0 Å². The first-order valence-corrected chi connectivity index (χ1v) is 7.70. The van der Waals surface area contributed by atoms with E-state index >= 15 is 0 Å². The fraction of sp³-hybridized carbons (Fsp3) is 0.238. The minimum atomic E-state index is -0.607. The van der Waals surface area contributed by atoms with E-state index in [0.29, 0.717) is 17.5 Å². The van der Waals surface area contributed by atoms with Crippen molar-refractivity contribution in [3.8, 4) is 24.2 Å². The molecule has 2 aromatic carbocycles. The highest BCUT2D eigenvalue weighted by atomic mass is 19.1. The molecule has 0 spiro atoms. The van der Waals surface area contributed by atoms with Crippen molar-refractivity contribution in [2.75, 3.05) is 0 Å². The van der Waals surface area contributed by atoms with Crippen LogP contribution in [0, 0.1) is 35.8 Å².